The molecule has 0 heterocycles. The van der Waals surface area contributed by atoms with Crippen LogP contribution in [-0.4, -0.2) is 69.4 Å². The normalized spacial score (nSPS) is 12.0. The van der Waals surface area contributed by atoms with Gasteiger partial charge in [-0.2, -0.15) is 0 Å². The van der Waals surface area contributed by atoms with E-state index in [0.29, 0.717) is 13.2 Å². The number of rotatable bonds is 16. The first-order valence-electron chi connectivity index (χ1n) is 19.9. The minimum Gasteiger partial charge on any atom is -0.508 e. The van der Waals surface area contributed by atoms with E-state index in [1.54, 1.807) is 12.1 Å². The van der Waals surface area contributed by atoms with Crippen LogP contribution in [-0.2, 0) is 0 Å². The van der Waals surface area contributed by atoms with Crippen molar-refractivity contribution in [3.05, 3.63) is 197 Å². The number of nitrogens with zero attached hydrogens (tertiary/aromatic N) is 2. The summed E-state index contributed by atoms with van der Waals surface area (Å²) >= 11 is 0. The second-order valence-corrected chi connectivity index (χ2v) is 14.4. The van der Waals surface area contributed by atoms with E-state index in [2.05, 4.69) is 159 Å². The fraction of sp³-hybridized carbons (Fsp3) is 0.231. The molecule has 1 N–H and O–H groups in total. The van der Waals surface area contributed by atoms with E-state index in [4.69, 9.17) is 9.47 Å². The lowest BCUT2D eigenvalue weighted by molar-refractivity contribution is 0.261. The largest absolute Gasteiger partial charge is 0.508 e. The zero-order valence-corrected chi connectivity index (χ0v) is 34.5. The first-order valence-corrected chi connectivity index (χ1v) is 19.9. The average Bonchev–Trinajstić information content (AvgIpc) is 3.24. The number of likely N-dealkylation sites (N-methyl/N-ethyl adjacent to an activating group) is 2. The molecule has 0 saturated carbocycles. The molecule has 6 aromatic rings. The number of aromatic hydroxyl groups is 1. The lowest BCUT2D eigenvalue weighted by Crippen LogP contribution is -2.19. The molecule has 57 heavy (non-hydrogen) atoms. The average molecular weight is 759 g/mol. The number of allylic oxidation sites excluding steroid dienone is 2. The van der Waals surface area contributed by atoms with Crippen LogP contribution >= 0.6 is 0 Å². The lowest BCUT2D eigenvalue weighted by atomic mass is 9.88. The topological polar surface area (TPSA) is 45.2 Å². The van der Waals surface area contributed by atoms with E-state index >= 15 is 0 Å². The third-order valence-electron chi connectivity index (χ3n) is 9.67. The standard InChI is InChI=1S/C26H29NO2.C26H29NO/c1-4-25(20-8-6-5-7-9-20)26(21-10-14-23(28)15-11-21)22-12-16-24(17-13-22)29-19-18-27(2)3;1-4-25(21-11-7-5-8-12-21)26(22-13-9-6-10-14-22)23-15-17-24(18-16-23)28-20-19-27(2)3/h5-17,28H,4,18-19H2,1-3H3;5-18H,4,19-20H2,1-3H3/b2*26-25-. The molecule has 0 atom stereocenters. The number of phenolic OH excluding ortho intramolecular Hbond substituents is 1. The van der Waals surface area contributed by atoms with Crippen LogP contribution in [0.4, 0.5) is 0 Å². The van der Waals surface area contributed by atoms with Gasteiger partial charge in [0.05, 0.1) is 0 Å². The molecule has 0 saturated heterocycles. The van der Waals surface area contributed by atoms with E-state index in [-0.39, 0.29) is 5.75 Å². The summed E-state index contributed by atoms with van der Waals surface area (Å²) in [5.74, 6) is 2.06. The third kappa shape index (κ3) is 12.6. The third-order valence-corrected chi connectivity index (χ3v) is 9.67. The molecule has 294 valence electrons. The molecule has 0 fully saturated rings. The molecule has 0 aliphatic rings. The maximum absolute atomic E-state index is 9.74. The van der Waals surface area contributed by atoms with E-state index in [1.807, 2.05) is 44.4 Å². The molecule has 0 bridgehead atoms. The van der Waals surface area contributed by atoms with Crippen LogP contribution in [0.1, 0.15) is 60.1 Å². The van der Waals surface area contributed by atoms with Crippen LogP contribution < -0.4 is 9.47 Å². The summed E-state index contributed by atoms with van der Waals surface area (Å²) in [6.07, 6.45) is 1.87. The van der Waals surface area contributed by atoms with Gasteiger partial charge in [0, 0.05) is 13.1 Å². The van der Waals surface area contributed by atoms with Crippen LogP contribution in [0.25, 0.3) is 22.3 Å². The second kappa shape index (κ2) is 22.0. The molecule has 0 aliphatic heterocycles. The fourth-order valence-electron chi connectivity index (χ4n) is 6.72. The maximum Gasteiger partial charge on any atom is 0.119 e. The van der Waals surface area contributed by atoms with Crippen molar-refractivity contribution < 1.29 is 14.6 Å². The van der Waals surface area contributed by atoms with Crippen LogP contribution in [0.3, 0.4) is 0 Å². The van der Waals surface area contributed by atoms with E-state index in [9.17, 15) is 5.11 Å². The fourth-order valence-corrected chi connectivity index (χ4v) is 6.72. The number of benzene rings is 6. The van der Waals surface area contributed by atoms with Gasteiger partial charge in [-0.05, 0) is 133 Å². The monoisotopic (exact) mass is 758 g/mol. The quantitative estimate of drug-likeness (QED) is 0.0996. The number of phenols is 1. The van der Waals surface area contributed by atoms with Gasteiger partial charge in [0.15, 0.2) is 0 Å². The van der Waals surface area contributed by atoms with Crippen molar-refractivity contribution in [2.24, 2.45) is 0 Å². The van der Waals surface area contributed by atoms with Crippen molar-refractivity contribution in [3.63, 3.8) is 0 Å². The number of ether oxygens (including phenoxy) is 2. The van der Waals surface area contributed by atoms with Gasteiger partial charge in [-0.1, -0.05) is 141 Å². The van der Waals surface area contributed by atoms with Gasteiger partial charge >= 0.3 is 0 Å². The van der Waals surface area contributed by atoms with Gasteiger partial charge in [-0.15, -0.1) is 0 Å². The number of hydrogen-bond acceptors (Lipinski definition) is 5. The number of hydrogen-bond donors (Lipinski definition) is 1. The molecule has 0 unspecified atom stereocenters. The van der Waals surface area contributed by atoms with Crippen molar-refractivity contribution in [1.82, 2.24) is 9.80 Å². The Labute approximate surface area is 341 Å². The predicted octanol–water partition coefficient (Wildman–Crippen LogP) is 11.7. The van der Waals surface area contributed by atoms with Crippen LogP contribution in [0.15, 0.2) is 164 Å². The molecule has 5 heteroatoms. The van der Waals surface area contributed by atoms with Crippen molar-refractivity contribution in [3.8, 4) is 17.2 Å². The van der Waals surface area contributed by atoms with Crippen molar-refractivity contribution in [2.75, 3.05) is 54.5 Å². The molecule has 0 amide bonds. The van der Waals surface area contributed by atoms with E-state index in [0.717, 1.165) is 48.6 Å². The summed E-state index contributed by atoms with van der Waals surface area (Å²) in [5, 5.41) is 9.74. The zero-order valence-electron chi connectivity index (χ0n) is 34.5. The van der Waals surface area contributed by atoms with Crippen LogP contribution in [0.2, 0.25) is 0 Å². The molecular formula is C52H58N2O3. The molecule has 0 spiro atoms. The van der Waals surface area contributed by atoms with Crippen molar-refractivity contribution in [2.45, 2.75) is 26.7 Å². The SMILES string of the molecule is CC/C(=C(\c1ccc(O)cc1)c1ccc(OCCN(C)C)cc1)c1ccccc1.CC/C(=C(\c1ccccc1)c1ccc(OCCN(C)C)cc1)c1ccccc1. The minimum atomic E-state index is 0.274. The maximum atomic E-state index is 9.74. The highest BCUT2D eigenvalue weighted by Crippen LogP contribution is 2.37. The Hall–Kier alpha value is -5.88. The minimum absolute atomic E-state index is 0.274. The molecular weight excluding hydrogens is 701 g/mol. The van der Waals surface area contributed by atoms with Crippen LogP contribution in [0.5, 0.6) is 17.2 Å². The van der Waals surface area contributed by atoms with Gasteiger partial charge in [0.2, 0.25) is 0 Å². The summed E-state index contributed by atoms with van der Waals surface area (Å²) < 4.78 is 11.7. The molecule has 5 nitrogen and oxygen atoms in total. The van der Waals surface area contributed by atoms with E-state index < -0.39 is 0 Å². The molecule has 0 radical (unpaired) electrons. The van der Waals surface area contributed by atoms with E-state index in [1.165, 1.54) is 44.5 Å². The first-order chi connectivity index (χ1) is 27.8. The Kier molecular flexibility index (Phi) is 16.3. The van der Waals surface area contributed by atoms with Gasteiger partial charge in [-0.25, -0.2) is 0 Å². The predicted molar refractivity (Wildman–Crippen MR) is 241 cm³/mol. The first kappa shape index (κ1) is 42.3. The van der Waals surface area contributed by atoms with Crippen LogP contribution in [0, 0.1) is 0 Å². The molecule has 6 aromatic carbocycles. The van der Waals surface area contributed by atoms with Gasteiger partial charge in [0.1, 0.15) is 30.5 Å². The second-order valence-electron chi connectivity index (χ2n) is 14.4. The summed E-state index contributed by atoms with van der Waals surface area (Å²) in [4.78, 5) is 4.23. The summed E-state index contributed by atoms with van der Waals surface area (Å²) in [5.41, 5.74) is 12.3. The molecule has 6 rings (SSSR count). The Bertz CT molecular complexity index is 2120. The summed E-state index contributed by atoms with van der Waals surface area (Å²) in [7, 11) is 8.19. The Morgan fingerprint density at radius 1 is 0.404 bits per heavy atom. The Balaban J connectivity index is 0.000000218. The Morgan fingerprint density at radius 3 is 1.02 bits per heavy atom. The molecule has 0 aromatic heterocycles. The molecule has 0 aliphatic carbocycles. The summed E-state index contributed by atoms with van der Waals surface area (Å²) in [6.45, 7) is 7.56. The highest BCUT2D eigenvalue weighted by Gasteiger charge is 2.15. The van der Waals surface area contributed by atoms with Gasteiger partial charge in [-0.3, -0.25) is 0 Å². The summed E-state index contributed by atoms with van der Waals surface area (Å²) in [6, 6.07) is 56.0. The highest BCUT2D eigenvalue weighted by molar-refractivity contribution is 5.99. The highest BCUT2D eigenvalue weighted by atomic mass is 16.5. The smallest absolute Gasteiger partial charge is 0.119 e. The van der Waals surface area contributed by atoms with Gasteiger partial charge < -0.3 is 24.4 Å². The Morgan fingerprint density at radius 2 is 0.702 bits per heavy atom. The lowest BCUT2D eigenvalue weighted by Gasteiger charge is -2.17. The van der Waals surface area contributed by atoms with Crippen molar-refractivity contribution in [1.29, 1.82) is 0 Å². The van der Waals surface area contributed by atoms with Crippen molar-refractivity contribution >= 4 is 22.3 Å². The zero-order chi connectivity index (χ0) is 40.4. The van der Waals surface area contributed by atoms with Gasteiger partial charge in [0.25, 0.3) is 0 Å².